The van der Waals surface area contributed by atoms with Crippen LogP contribution in [0.15, 0.2) is 17.4 Å². The van der Waals surface area contributed by atoms with Crippen molar-refractivity contribution < 1.29 is 15.2 Å². The quantitative estimate of drug-likeness (QED) is 0.223. The number of rotatable bonds is 5. The number of aromatic nitrogens is 1. The molecule has 1 unspecified atom stereocenters. The Morgan fingerprint density at radius 3 is 2.84 bits per heavy atom. The van der Waals surface area contributed by atoms with Gasteiger partial charge in [0.25, 0.3) is 5.69 Å². The Balaban J connectivity index is 3.35. The number of nitrogens with two attached hydrogens (primary N) is 1. The van der Waals surface area contributed by atoms with E-state index in [9.17, 15) is 10.1 Å². The molecular formula is C10H15N5O4. The minimum absolute atomic E-state index is 0.125. The van der Waals surface area contributed by atoms with E-state index in [4.69, 9.17) is 16.0 Å². The fraction of sp³-hybridized carbons (Fsp3) is 0.400. The molecule has 0 radical (unpaired) electrons. The maximum atomic E-state index is 10.7. The molecule has 0 aliphatic heterocycles. The normalized spacial score (nSPS) is 13.1. The molecule has 0 saturated heterocycles. The van der Waals surface area contributed by atoms with Gasteiger partial charge < -0.3 is 20.9 Å². The molecule has 104 valence electrons. The van der Waals surface area contributed by atoms with Crippen molar-refractivity contribution in [1.82, 2.24) is 4.98 Å². The zero-order valence-corrected chi connectivity index (χ0v) is 10.5. The van der Waals surface area contributed by atoms with E-state index >= 15 is 0 Å². The molecule has 19 heavy (non-hydrogen) atoms. The Morgan fingerprint density at radius 1 is 1.74 bits per heavy atom. The fourth-order valence-corrected chi connectivity index (χ4v) is 1.40. The van der Waals surface area contributed by atoms with Gasteiger partial charge in [-0.25, -0.2) is 4.98 Å². The van der Waals surface area contributed by atoms with E-state index in [0.717, 1.165) is 12.3 Å². The third-order valence-corrected chi connectivity index (χ3v) is 2.71. The molecule has 0 fully saturated rings. The van der Waals surface area contributed by atoms with Gasteiger partial charge in [0.2, 0.25) is 0 Å². The molecule has 0 spiro atoms. The van der Waals surface area contributed by atoms with Crippen LogP contribution in [0.3, 0.4) is 0 Å². The molecule has 9 nitrogen and oxygen atoms in total. The van der Waals surface area contributed by atoms with Gasteiger partial charge in [-0.3, -0.25) is 10.1 Å². The molecule has 1 rings (SSSR count). The van der Waals surface area contributed by atoms with Crippen molar-refractivity contribution >= 4 is 17.3 Å². The maximum absolute atomic E-state index is 10.7. The molecule has 0 bridgehead atoms. The zero-order chi connectivity index (χ0) is 14.6. The van der Waals surface area contributed by atoms with Gasteiger partial charge in [-0.05, 0) is 6.92 Å². The summed E-state index contributed by atoms with van der Waals surface area (Å²) in [6.45, 7) is 1.60. The molecule has 0 aliphatic rings. The van der Waals surface area contributed by atoms with Crippen molar-refractivity contribution in [2.24, 2.45) is 10.9 Å². The second kappa shape index (κ2) is 5.96. The zero-order valence-electron chi connectivity index (χ0n) is 10.5. The predicted octanol–water partition coefficient (Wildman–Crippen LogP) is -0.0987. The van der Waals surface area contributed by atoms with Crippen molar-refractivity contribution in [2.45, 2.75) is 13.0 Å². The molecule has 9 heteroatoms. The molecular weight excluding hydrogens is 254 g/mol. The first-order valence-corrected chi connectivity index (χ1v) is 5.38. The first-order valence-electron chi connectivity index (χ1n) is 5.38. The second-order valence-electron chi connectivity index (χ2n) is 3.95. The SMILES string of the molecule is CC(CO)N(C)c1ncc([N+](=O)[O-])cc1C(N)=NO. The number of anilines is 1. The molecule has 1 heterocycles. The molecule has 0 saturated carbocycles. The van der Waals surface area contributed by atoms with Crippen LogP contribution < -0.4 is 10.6 Å². The monoisotopic (exact) mass is 269 g/mol. The molecule has 0 aliphatic carbocycles. The summed E-state index contributed by atoms with van der Waals surface area (Å²) in [5.74, 6) is -0.00867. The van der Waals surface area contributed by atoms with Gasteiger partial charge in [-0.15, -0.1) is 0 Å². The van der Waals surface area contributed by atoms with Gasteiger partial charge in [-0.2, -0.15) is 0 Å². The Hall–Kier alpha value is -2.42. The average molecular weight is 269 g/mol. The number of likely N-dealkylation sites (N-methyl/N-ethyl adjacent to an activating group) is 1. The molecule has 4 N–H and O–H groups in total. The van der Waals surface area contributed by atoms with Crippen LogP contribution in [0.2, 0.25) is 0 Å². The highest BCUT2D eigenvalue weighted by atomic mass is 16.6. The number of nitro groups is 1. The van der Waals surface area contributed by atoms with E-state index in [1.165, 1.54) is 0 Å². The van der Waals surface area contributed by atoms with Crippen molar-refractivity contribution in [3.8, 4) is 0 Å². The number of hydrogen-bond acceptors (Lipinski definition) is 7. The highest BCUT2D eigenvalue weighted by Crippen LogP contribution is 2.22. The summed E-state index contributed by atoms with van der Waals surface area (Å²) in [5.41, 5.74) is 5.35. The lowest BCUT2D eigenvalue weighted by Gasteiger charge is -2.25. The predicted molar refractivity (Wildman–Crippen MR) is 68.4 cm³/mol. The number of aliphatic hydroxyl groups excluding tert-OH is 1. The highest BCUT2D eigenvalue weighted by molar-refractivity contribution is 6.01. The van der Waals surface area contributed by atoms with Crippen LogP contribution in [0.1, 0.15) is 12.5 Å². The molecule has 0 amide bonds. The number of amidine groups is 1. The molecule has 0 aromatic carbocycles. The number of nitrogens with zero attached hydrogens (tertiary/aromatic N) is 4. The first-order chi connectivity index (χ1) is 8.92. The summed E-state index contributed by atoms with van der Waals surface area (Å²) in [4.78, 5) is 15.6. The van der Waals surface area contributed by atoms with E-state index in [1.54, 1.807) is 18.9 Å². The Kier molecular flexibility index (Phi) is 4.59. The lowest BCUT2D eigenvalue weighted by atomic mass is 10.2. The second-order valence-corrected chi connectivity index (χ2v) is 3.95. The van der Waals surface area contributed by atoms with Crippen molar-refractivity contribution in [3.05, 3.63) is 27.9 Å². The van der Waals surface area contributed by atoms with Crippen LogP contribution in [0.5, 0.6) is 0 Å². The summed E-state index contributed by atoms with van der Waals surface area (Å²) in [7, 11) is 1.64. The van der Waals surface area contributed by atoms with Gasteiger partial charge in [0, 0.05) is 13.1 Å². The standard InChI is InChI=1S/C10H15N5O4/c1-6(5-16)14(2)10-8(9(11)13-17)3-7(4-12-10)15(18)19/h3-4,6,16-17H,5H2,1-2H3,(H2,11,13). The topological polar surface area (TPSA) is 138 Å². The average Bonchev–Trinajstić information content (AvgIpc) is 2.43. The third-order valence-electron chi connectivity index (χ3n) is 2.71. The molecule has 1 aromatic heterocycles. The van der Waals surface area contributed by atoms with Gasteiger partial charge in [0.15, 0.2) is 5.84 Å². The number of pyridine rings is 1. The molecule has 1 aromatic rings. The largest absolute Gasteiger partial charge is 0.409 e. The van der Waals surface area contributed by atoms with Crippen molar-refractivity contribution in [3.63, 3.8) is 0 Å². The van der Waals surface area contributed by atoms with E-state index < -0.39 is 4.92 Å². The van der Waals surface area contributed by atoms with Gasteiger partial charge in [-0.1, -0.05) is 5.16 Å². The highest BCUT2D eigenvalue weighted by Gasteiger charge is 2.20. The van der Waals surface area contributed by atoms with Crippen molar-refractivity contribution in [2.75, 3.05) is 18.6 Å². The van der Waals surface area contributed by atoms with E-state index in [-0.39, 0.29) is 35.6 Å². The fourth-order valence-electron chi connectivity index (χ4n) is 1.40. The third kappa shape index (κ3) is 3.07. The maximum Gasteiger partial charge on any atom is 0.288 e. The van der Waals surface area contributed by atoms with Crippen LogP contribution in [-0.2, 0) is 0 Å². The lowest BCUT2D eigenvalue weighted by molar-refractivity contribution is -0.385. The number of hydrogen-bond donors (Lipinski definition) is 3. The summed E-state index contributed by atoms with van der Waals surface area (Å²) >= 11 is 0. The van der Waals surface area contributed by atoms with Crippen molar-refractivity contribution in [1.29, 1.82) is 0 Å². The minimum atomic E-state index is -0.625. The molecule has 1 atom stereocenters. The lowest BCUT2D eigenvalue weighted by Crippen LogP contribution is -2.34. The van der Waals surface area contributed by atoms with Crippen LogP contribution >= 0.6 is 0 Å². The van der Waals surface area contributed by atoms with Gasteiger partial charge in [0.05, 0.1) is 23.1 Å². The van der Waals surface area contributed by atoms with Gasteiger partial charge >= 0.3 is 0 Å². The van der Waals surface area contributed by atoms with Crippen LogP contribution in [-0.4, -0.2) is 45.8 Å². The van der Waals surface area contributed by atoms with E-state index in [0.29, 0.717) is 0 Å². The Morgan fingerprint density at radius 2 is 2.37 bits per heavy atom. The summed E-state index contributed by atoms with van der Waals surface area (Å²) in [6, 6.07) is 0.886. The Labute approximate surface area is 109 Å². The summed E-state index contributed by atoms with van der Waals surface area (Å²) in [6.07, 6.45) is 1.07. The summed E-state index contributed by atoms with van der Waals surface area (Å²) in [5, 5.41) is 31.4. The van der Waals surface area contributed by atoms with E-state index in [2.05, 4.69) is 10.1 Å². The van der Waals surface area contributed by atoms with Gasteiger partial charge in [0.1, 0.15) is 12.0 Å². The smallest absolute Gasteiger partial charge is 0.288 e. The summed E-state index contributed by atoms with van der Waals surface area (Å²) < 4.78 is 0. The van der Waals surface area contributed by atoms with Crippen LogP contribution in [0.4, 0.5) is 11.5 Å². The minimum Gasteiger partial charge on any atom is -0.409 e. The van der Waals surface area contributed by atoms with Crippen LogP contribution in [0.25, 0.3) is 0 Å². The first kappa shape index (κ1) is 14.6. The Bertz CT molecular complexity index is 505. The van der Waals surface area contributed by atoms with E-state index in [1.807, 2.05) is 0 Å². The van der Waals surface area contributed by atoms with Crippen LogP contribution in [0, 0.1) is 10.1 Å². The number of aliphatic hydroxyl groups is 1. The number of oxime groups is 1.